The SMILES string of the molecule is O=[N+]([O-])c1ccc(OCCCSc2nnc3ccc4ccccc4n23)cc1. The molecule has 0 bridgehead atoms. The van der Waals surface area contributed by atoms with Gasteiger partial charge in [0.25, 0.3) is 5.69 Å². The third kappa shape index (κ3) is 3.70. The highest BCUT2D eigenvalue weighted by molar-refractivity contribution is 7.99. The number of non-ortho nitro benzene ring substituents is 1. The number of nitro benzene ring substituents is 1. The molecule has 0 unspecified atom stereocenters. The van der Waals surface area contributed by atoms with Gasteiger partial charge in [-0.2, -0.15) is 0 Å². The predicted octanol–water partition coefficient (Wildman–Crippen LogP) is 4.35. The quantitative estimate of drug-likeness (QED) is 0.205. The normalized spacial score (nSPS) is 11.1. The van der Waals surface area contributed by atoms with Crippen LogP contribution >= 0.6 is 11.8 Å². The minimum Gasteiger partial charge on any atom is -0.494 e. The number of nitro groups is 1. The number of pyridine rings is 1. The highest BCUT2D eigenvalue weighted by atomic mass is 32.2. The molecule has 0 saturated heterocycles. The van der Waals surface area contributed by atoms with Crippen molar-refractivity contribution in [1.82, 2.24) is 14.6 Å². The molecule has 0 aliphatic carbocycles. The first-order valence-electron chi connectivity index (χ1n) is 8.45. The number of ether oxygens (including phenoxy) is 1. The molecule has 0 fully saturated rings. The maximum atomic E-state index is 10.6. The van der Waals surface area contributed by atoms with Gasteiger partial charge in [-0.1, -0.05) is 30.0 Å². The Hall–Kier alpha value is -3.13. The Morgan fingerprint density at radius 3 is 2.67 bits per heavy atom. The van der Waals surface area contributed by atoms with Crippen LogP contribution in [0.2, 0.25) is 0 Å². The number of fused-ring (bicyclic) bond motifs is 3. The van der Waals surface area contributed by atoms with Crippen LogP contribution < -0.4 is 4.74 Å². The van der Waals surface area contributed by atoms with Crippen LogP contribution in [0.15, 0.2) is 65.8 Å². The van der Waals surface area contributed by atoms with Crippen LogP contribution in [0.25, 0.3) is 16.6 Å². The Bertz CT molecular complexity index is 1100. The summed E-state index contributed by atoms with van der Waals surface area (Å²) in [5.41, 5.74) is 1.98. The van der Waals surface area contributed by atoms with Crippen LogP contribution in [0.4, 0.5) is 5.69 Å². The van der Waals surface area contributed by atoms with E-state index < -0.39 is 4.92 Å². The van der Waals surface area contributed by atoms with Crippen molar-refractivity contribution in [3.8, 4) is 5.75 Å². The van der Waals surface area contributed by atoms with Gasteiger partial charge >= 0.3 is 0 Å². The Kier molecular flexibility index (Phi) is 4.88. The van der Waals surface area contributed by atoms with Crippen LogP contribution in [-0.2, 0) is 0 Å². The highest BCUT2D eigenvalue weighted by Gasteiger charge is 2.09. The lowest BCUT2D eigenvalue weighted by atomic mass is 10.2. The van der Waals surface area contributed by atoms with Crippen molar-refractivity contribution in [3.63, 3.8) is 0 Å². The third-order valence-corrected chi connectivity index (χ3v) is 5.10. The van der Waals surface area contributed by atoms with Crippen molar-refractivity contribution < 1.29 is 9.66 Å². The number of aromatic nitrogens is 3. The van der Waals surface area contributed by atoms with Gasteiger partial charge in [0, 0.05) is 17.9 Å². The summed E-state index contributed by atoms with van der Waals surface area (Å²) in [7, 11) is 0. The van der Waals surface area contributed by atoms with Crippen LogP contribution in [0.3, 0.4) is 0 Å². The number of hydrogen-bond acceptors (Lipinski definition) is 6. The molecule has 136 valence electrons. The smallest absolute Gasteiger partial charge is 0.269 e. The molecule has 0 aliphatic heterocycles. The zero-order chi connectivity index (χ0) is 18.6. The molecule has 0 amide bonds. The van der Waals surface area contributed by atoms with Crippen molar-refractivity contribution in [2.45, 2.75) is 11.6 Å². The lowest BCUT2D eigenvalue weighted by molar-refractivity contribution is -0.384. The molecule has 0 saturated carbocycles. The molecule has 0 radical (unpaired) electrons. The van der Waals surface area contributed by atoms with Crippen molar-refractivity contribution in [2.24, 2.45) is 0 Å². The van der Waals surface area contributed by atoms with Gasteiger partial charge < -0.3 is 4.74 Å². The Balaban J connectivity index is 1.35. The summed E-state index contributed by atoms with van der Waals surface area (Å²) in [4.78, 5) is 10.2. The third-order valence-electron chi connectivity index (χ3n) is 4.08. The molecule has 0 N–H and O–H groups in total. The summed E-state index contributed by atoms with van der Waals surface area (Å²) < 4.78 is 7.71. The zero-order valence-corrected chi connectivity index (χ0v) is 15.1. The molecule has 4 rings (SSSR count). The molecule has 4 aromatic rings. The summed E-state index contributed by atoms with van der Waals surface area (Å²) in [6.45, 7) is 0.530. The number of nitrogens with zero attached hydrogens (tertiary/aromatic N) is 4. The standard InChI is InChI=1S/C19H16N4O3S/c24-23(25)15-7-9-16(10-8-15)26-12-3-13-27-19-21-20-18-11-6-14-4-1-2-5-17(14)22(18)19/h1-2,4-11H,3,12-13H2. The molecule has 27 heavy (non-hydrogen) atoms. The Morgan fingerprint density at radius 1 is 1.04 bits per heavy atom. The maximum absolute atomic E-state index is 10.6. The molecule has 2 aromatic carbocycles. The second-order valence-corrected chi connectivity index (χ2v) is 6.93. The van der Waals surface area contributed by atoms with E-state index in [1.807, 2.05) is 24.3 Å². The van der Waals surface area contributed by atoms with Crippen molar-refractivity contribution >= 4 is 34.0 Å². The fourth-order valence-corrected chi connectivity index (χ4v) is 3.65. The predicted molar refractivity (Wildman–Crippen MR) is 104 cm³/mol. The molecule has 2 heterocycles. The summed E-state index contributed by atoms with van der Waals surface area (Å²) in [5, 5.41) is 21.2. The van der Waals surface area contributed by atoms with Crippen molar-refractivity contribution in [2.75, 3.05) is 12.4 Å². The molecular weight excluding hydrogens is 364 g/mol. The van der Waals surface area contributed by atoms with Crippen molar-refractivity contribution in [1.29, 1.82) is 0 Å². The molecule has 8 heteroatoms. The van der Waals surface area contributed by atoms with E-state index in [-0.39, 0.29) is 5.69 Å². The summed E-state index contributed by atoms with van der Waals surface area (Å²) in [5.74, 6) is 1.46. The highest BCUT2D eigenvalue weighted by Crippen LogP contribution is 2.24. The van der Waals surface area contributed by atoms with Crippen LogP contribution in [0.5, 0.6) is 5.75 Å². The summed E-state index contributed by atoms with van der Waals surface area (Å²) in [6, 6.07) is 18.3. The first-order valence-corrected chi connectivity index (χ1v) is 9.44. The molecule has 0 aliphatic rings. The van der Waals surface area contributed by atoms with Gasteiger partial charge in [-0.05, 0) is 42.1 Å². The van der Waals surface area contributed by atoms with Crippen LogP contribution in [0.1, 0.15) is 6.42 Å². The second kappa shape index (κ2) is 7.63. The van der Waals surface area contributed by atoms with Gasteiger partial charge in [0.2, 0.25) is 0 Å². The average Bonchev–Trinajstić information content (AvgIpc) is 3.12. The van der Waals surface area contributed by atoms with E-state index >= 15 is 0 Å². The van der Waals surface area contributed by atoms with Gasteiger partial charge in [-0.25, -0.2) is 0 Å². The van der Waals surface area contributed by atoms with Gasteiger partial charge in [0.05, 0.1) is 17.0 Å². The number of hydrogen-bond donors (Lipinski definition) is 0. The monoisotopic (exact) mass is 380 g/mol. The number of benzene rings is 2. The van der Waals surface area contributed by atoms with Gasteiger partial charge in [-0.15, -0.1) is 10.2 Å². The maximum Gasteiger partial charge on any atom is 0.269 e. The van der Waals surface area contributed by atoms with E-state index in [4.69, 9.17) is 4.74 Å². The van der Waals surface area contributed by atoms with E-state index in [1.165, 1.54) is 12.1 Å². The second-order valence-electron chi connectivity index (χ2n) is 5.87. The number of thioether (sulfide) groups is 1. The lowest BCUT2D eigenvalue weighted by Crippen LogP contribution is -1.99. The largest absolute Gasteiger partial charge is 0.494 e. The van der Waals surface area contributed by atoms with E-state index in [1.54, 1.807) is 23.9 Å². The molecule has 2 aromatic heterocycles. The molecule has 7 nitrogen and oxygen atoms in total. The Morgan fingerprint density at radius 2 is 1.85 bits per heavy atom. The first-order chi connectivity index (χ1) is 13.2. The summed E-state index contributed by atoms with van der Waals surface area (Å²) >= 11 is 1.63. The first kappa shape index (κ1) is 17.3. The van der Waals surface area contributed by atoms with E-state index in [2.05, 4.69) is 26.7 Å². The molecule has 0 spiro atoms. The van der Waals surface area contributed by atoms with Gasteiger partial charge in [0.15, 0.2) is 10.8 Å². The number of rotatable bonds is 7. The Labute approximate surface area is 159 Å². The van der Waals surface area contributed by atoms with Gasteiger partial charge in [-0.3, -0.25) is 14.5 Å². The minimum absolute atomic E-state index is 0.0591. The van der Waals surface area contributed by atoms with E-state index in [0.717, 1.165) is 33.9 Å². The van der Waals surface area contributed by atoms with E-state index in [0.29, 0.717) is 12.4 Å². The van der Waals surface area contributed by atoms with Crippen LogP contribution in [0, 0.1) is 10.1 Å². The van der Waals surface area contributed by atoms with Crippen molar-refractivity contribution in [3.05, 3.63) is 70.8 Å². The molecule has 0 atom stereocenters. The fraction of sp³-hybridized carbons (Fsp3) is 0.158. The average molecular weight is 380 g/mol. The molecular formula is C19H16N4O3S. The van der Waals surface area contributed by atoms with E-state index in [9.17, 15) is 10.1 Å². The topological polar surface area (TPSA) is 82.6 Å². The number of para-hydroxylation sites is 1. The van der Waals surface area contributed by atoms with Gasteiger partial charge in [0.1, 0.15) is 5.75 Å². The zero-order valence-electron chi connectivity index (χ0n) is 14.3. The fourth-order valence-electron chi connectivity index (χ4n) is 2.78. The summed E-state index contributed by atoms with van der Waals surface area (Å²) in [6.07, 6.45) is 0.821. The lowest BCUT2D eigenvalue weighted by Gasteiger charge is -2.06. The minimum atomic E-state index is -0.424. The van der Waals surface area contributed by atoms with Crippen LogP contribution in [-0.4, -0.2) is 31.9 Å².